The quantitative estimate of drug-likeness (QED) is 0.479. The first-order valence-electron chi connectivity index (χ1n) is 6.67. The Kier molecular flexibility index (Phi) is 7.36. The van der Waals surface area contributed by atoms with Crippen molar-refractivity contribution >= 4 is 17.6 Å². The Morgan fingerprint density at radius 3 is 2.48 bits per heavy atom. The van der Waals surface area contributed by atoms with Crippen LogP contribution in [0.5, 0.6) is 0 Å². The Bertz CT molecular complexity index is 461. The third-order valence-electron chi connectivity index (χ3n) is 2.80. The van der Waals surface area contributed by atoms with Crippen LogP contribution in [0, 0.1) is 0 Å². The number of alkyl halides is 3. The maximum atomic E-state index is 12.0. The molecule has 1 rings (SSSR count). The van der Waals surface area contributed by atoms with Gasteiger partial charge < -0.3 is 10.6 Å². The molecular formula is C14H19ClF3N3. The predicted molar refractivity (Wildman–Crippen MR) is 79.8 cm³/mol. The lowest BCUT2D eigenvalue weighted by Gasteiger charge is -2.13. The van der Waals surface area contributed by atoms with Crippen molar-refractivity contribution in [1.29, 1.82) is 0 Å². The molecule has 0 spiro atoms. The van der Waals surface area contributed by atoms with Gasteiger partial charge in [-0.2, -0.15) is 13.2 Å². The van der Waals surface area contributed by atoms with Gasteiger partial charge in [0.1, 0.15) is 0 Å². The number of nitrogens with one attached hydrogen (secondary N) is 2. The lowest BCUT2D eigenvalue weighted by Crippen LogP contribution is -2.39. The molecule has 0 atom stereocenters. The second-order valence-corrected chi connectivity index (χ2v) is 4.89. The molecule has 0 bridgehead atoms. The van der Waals surface area contributed by atoms with Crippen LogP contribution in [-0.4, -0.2) is 32.3 Å². The van der Waals surface area contributed by atoms with Crippen LogP contribution in [0.25, 0.3) is 0 Å². The predicted octanol–water partition coefficient (Wildman–Crippen LogP) is 3.39. The fraction of sp³-hybridized carbons (Fsp3) is 0.500. The number of halogens is 4. The number of benzene rings is 1. The summed E-state index contributed by atoms with van der Waals surface area (Å²) >= 11 is 6.04. The van der Waals surface area contributed by atoms with Crippen molar-refractivity contribution in [3.05, 3.63) is 34.9 Å². The van der Waals surface area contributed by atoms with Crippen LogP contribution in [0.4, 0.5) is 13.2 Å². The second kappa shape index (κ2) is 8.77. The molecule has 0 aliphatic heterocycles. The summed E-state index contributed by atoms with van der Waals surface area (Å²) < 4.78 is 36.1. The Balaban J connectivity index is 2.22. The van der Waals surface area contributed by atoms with E-state index in [1.807, 2.05) is 24.3 Å². The van der Waals surface area contributed by atoms with Gasteiger partial charge in [0, 0.05) is 25.2 Å². The Morgan fingerprint density at radius 1 is 1.19 bits per heavy atom. The van der Waals surface area contributed by atoms with Crippen molar-refractivity contribution in [3.63, 3.8) is 0 Å². The SMILES string of the molecule is CN=C(NCCCc1ccccc1Cl)NCCC(F)(F)F. The molecule has 118 valence electrons. The molecule has 7 heteroatoms. The van der Waals surface area contributed by atoms with Gasteiger partial charge in [-0.1, -0.05) is 29.8 Å². The zero-order valence-corrected chi connectivity index (χ0v) is 12.6. The average molecular weight is 322 g/mol. The monoisotopic (exact) mass is 321 g/mol. The van der Waals surface area contributed by atoms with Gasteiger partial charge in [0.05, 0.1) is 6.42 Å². The summed E-state index contributed by atoms with van der Waals surface area (Å²) in [5.74, 6) is 0.374. The molecule has 0 saturated carbocycles. The van der Waals surface area contributed by atoms with E-state index in [1.165, 1.54) is 7.05 Å². The zero-order chi connectivity index (χ0) is 15.7. The lowest BCUT2D eigenvalue weighted by atomic mass is 10.1. The third-order valence-corrected chi connectivity index (χ3v) is 3.17. The summed E-state index contributed by atoms with van der Waals surface area (Å²) in [5.41, 5.74) is 1.06. The van der Waals surface area contributed by atoms with Gasteiger partial charge in [-0.05, 0) is 24.5 Å². The van der Waals surface area contributed by atoms with Crippen LogP contribution in [0.15, 0.2) is 29.3 Å². The highest BCUT2D eigenvalue weighted by Crippen LogP contribution is 2.18. The molecule has 0 saturated heterocycles. The van der Waals surface area contributed by atoms with Crippen LogP contribution in [0.3, 0.4) is 0 Å². The van der Waals surface area contributed by atoms with E-state index < -0.39 is 12.6 Å². The van der Waals surface area contributed by atoms with Crippen LogP contribution in [0.2, 0.25) is 5.02 Å². The molecular weight excluding hydrogens is 303 g/mol. The van der Waals surface area contributed by atoms with Crippen molar-refractivity contribution in [2.24, 2.45) is 4.99 Å². The first-order chi connectivity index (χ1) is 9.92. The van der Waals surface area contributed by atoms with Gasteiger partial charge >= 0.3 is 6.18 Å². The first-order valence-corrected chi connectivity index (χ1v) is 7.05. The molecule has 1 aromatic carbocycles. The Morgan fingerprint density at radius 2 is 1.86 bits per heavy atom. The van der Waals surface area contributed by atoms with Crippen molar-refractivity contribution in [2.45, 2.75) is 25.4 Å². The average Bonchev–Trinajstić information content (AvgIpc) is 2.42. The highest BCUT2D eigenvalue weighted by Gasteiger charge is 2.26. The minimum atomic E-state index is -4.16. The fourth-order valence-corrected chi connectivity index (χ4v) is 1.96. The molecule has 0 aliphatic rings. The summed E-state index contributed by atoms with van der Waals surface area (Å²) in [4.78, 5) is 3.87. The van der Waals surface area contributed by atoms with Crippen molar-refractivity contribution in [3.8, 4) is 0 Å². The summed E-state index contributed by atoms with van der Waals surface area (Å²) in [6, 6.07) is 7.59. The molecule has 0 fully saturated rings. The van der Waals surface area contributed by atoms with Crippen molar-refractivity contribution < 1.29 is 13.2 Å². The van der Waals surface area contributed by atoms with E-state index in [2.05, 4.69) is 15.6 Å². The van der Waals surface area contributed by atoms with E-state index in [0.717, 1.165) is 23.4 Å². The molecule has 0 radical (unpaired) electrons. The Labute approximate surface area is 127 Å². The molecule has 0 unspecified atom stereocenters. The van der Waals surface area contributed by atoms with Gasteiger partial charge in [-0.25, -0.2) is 0 Å². The lowest BCUT2D eigenvalue weighted by molar-refractivity contribution is -0.132. The van der Waals surface area contributed by atoms with E-state index in [9.17, 15) is 13.2 Å². The minimum Gasteiger partial charge on any atom is -0.356 e. The van der Waals surface area contributed by atoms with E-state index in [4.69, 9.17) is 11.6 Å². The van der Waals surface area contributed by atoms with Gasteiger partial charge in [0.25, 0.3) is 0 Å². The number of aryl methyl sites for hydroxylation is 1. The number of rotatable bonds is 6. The normalized spacial score (nSPS) is 12.3. The number of nitrogens with zero attached hydrogens (tertiary/aromatic N) is 1. The molecule has 1 aromatic rings. The van der Waals surface area contributed by atoms with Gasteiger partial charge in [-0.3, -0.25) is 4.99 Å². The smallest absolute Gasteiger partial charge is 0.356 e. The van der Waals surface area contributed by atoms with Crippen molar-refractivity contribution in [1.82, 2.24) is 10.6 Å². The molecule has 0 aromatic heterocycles. The van der Waals surface area contributed by atoms with Gasteiger partial charge in [-0.15, -0.1) is 0 Å². The maximum absolute atomic E-state index is 12.0. The highest BCUT2D eigenvalue weighted by atomic mass is 35.5. The standard InChI is InChI=1S/C14H19ClF3N3/c1-19-13(21-10-8-14(16,17)18)20-9-4-6-11-5-2-3-7-12(11)15/h2-3,5,7H,4,6,8-10H2,1H3,(H2,19,20,21). The van der Waals surface area contributed by atoms with E-state index in [1.54, 1.807) is 0 Å². The largest absolute Gasteiger partial charge is 0.390 e. The highest BCUT2D eigenvalue weighted by molar-refractivity contribution is 6.31. The molecule has 2 N–H and O–H groups in total. The van der Waals surface area contributed by atoms with Gasteiger partial charge in [0.15, 0.2) is 5.96 Å². The van der Waals surface area contributed by atoms with Crippen molar-refractivity contribution in [2.75, 3.05) is 20.1 Å². The zero-order valence-electron chi connectivity index (χ0n) is 11.8. The summed E-state index contributed by atoms with van der Waals surface area (Å²) in [7, 11) is 1.52. The van der Waals surface area contributed by atoms with Crippen LogP contribution in [-0.2, 0) is 6.42 Å². The molecule has 21 heavy (non-hydrogen) atoms. The molecule has 0 amide bonds. The molecule has 0 heterocycles. The topological polar surface area (TPSA) is 36.4 Å². The van der Waals surface area contributed by atoms with E-state index in [-0.39, 0.29) is 6.54 Å². The maximum Gasteiger partial charge on any atom is 0.390 e. The van der Waals surface area contributed by atoms with Crippen LogP contribution < -0.4 is 10.6 Å². The second-order valence-electron chi connectivity index (χ2n) is 4.49. The summed E-state index contributed by atoms with van der Waals surface area (Å²) in [6.45, 7) is 0.421. The summed E-state index contributed by atoms with van der Waals surface area (Å²) in [6.07, 6.45) is -3.43. The van der Waals surface area contributed by atoms with E-state index in [0.29, 0.717) is 12.5 Å². The minimum absolute atomic E-state index is 0.187. The number of hydrogen-bond donors (Lipinski definition) is 2. The van der Waals surface area contributed by atoms with Crippen LogP contribution >= 0.6 is 11.6 Å². The summed E-state index contributed by atoms with van der Waals surface area (Å²) in [5, 5.41) is 6.33. The van der Waals surface area contributed by atoms with Crippen LogP contribution in [0.1, 0.15) is 18.4 Å². The van der Waals surface area contributed by atoms with E-state index >= 15 is 0 Å². The number of aliphatic imine (C=N–C) groups is 1. The third kappa shape index (κ3) is 7.80. The molecule has 3 nitrogen and oxygen atoms in total. The number of guanidine groups is 1. The number of hydrogen-bond acceptors (Lipinski definition) is 1. The Hall–Kier alpha value is -1.43. The van der Waals surface area contributed by atoms with Gasteiger partial charge in [0.2, 0.25) is 0 Å². The molecule has 0 aliphatic carbocycles. The fourth-order valence-electron chi connectivity index (χ4n) is 1.73. The first kappa shape index (κ1) is 17.6.